The molecule has 1 fully saturated rings. The fourth-order valence-electron chi connectivity index (χ4n) is 4.45. The largest absolute Gasteiger partial charge is 0.497 e. The third-order valence-electron chi connectivity index (χ3n) is 6.64. The zero-order valence-electron chi connectivity index (χ0n) is 20.7. The van der Waals surface area contributed by atoms with Crippen LogP contribution in [0.3, 0.4) is 0 Å². The zero-order valence-corrected chi connectivity index (χ0v) is 20.7. The number of benzene rings is 1. The van der Waals surface area contributed by atoms with Gasteiger partial charge in [-0.3, -0.25) is 4.90 Å². The molecule has 0 aliphatic carbocycles. The Kier molecular flexibility index (Phi) is 6.65. The summed E-state index contributed by atoms with van der Waals surface area (Å²) in [5, 5.41) is 9.82. The van der Waals surface area contributed by atoms with Gasteiger partial charge in [-0.05, 0) is 56.2 Å². The Balaban J connectivity index is 1.34. The van der Waals surface area contributed by atoms with Crippen molar-refractivity contribution < 1.29 is 14.3 Å². The molecular weight excluding hydrogens is 446 g/mol. The van der Waals surface area contributed by atoms with Crippen LogP contribution in [0.2, 0.25) is 0 Å². The second-order valence-corrected chi connectivity index (χ2v) is 8.73. The summed E-state index contributed by atoms with van der Waals surface area (Å²) in [7, 11) is 1.65. The zero-order chi connectivity index (χ0) is 24.4. The van der Waals surface area contributed by atoms with Gasteiger partial charge in [0.05, 0.1) is 31.4 Å². The van der Waals surface area contributed by atoms with Gasteiger partial charge >= 0.3 is 0 Å². The van der Waals surface area contributed by atoms with Crippen LogP contribution in [0.15, 0.2) is 35.7 Å². The van der Waals surface area contributed by atoms with Gasteiger partial charge in [-0.2, -0.15) is 0 Å². The molecule has 0 spiro atoms. The molecule has 1 aliphatic heterocycles. The van der Waals surface area contributed by atoms with Gasteiger partial charge in [0.15, 0.2) is 18.1 Å². The molecule has 184 valence electrons. The van der Waals surface area contributed by atoms with E-state index in [4.69, 9.17) is 24.3 Å². The number of fused-ring (bicyclic) bond motifs is 3. The molecule has 0 amide bonds. The molecule has 0 atom stereocenters. The molecule has 35 heavy (non-hydrogen) atoms. The van der Waals surface area contributed by atoms with E-state index in [0.717, 1.165) is 73.1 Å². The molecule has 1 aromatic carbocycles. The predicted octanol–water partition coefficient (Wildman–Crippen LogP) is 2.98. The summed E-state index contributed by atoms with van der Waals surface area (Å²) >= 11 is 0. The molecule has 4 heterocycles. The SMILES string of the molecule is COc1ccc(/C(C)=N/OCc2nc3c4c(C)c(C)n(CCN5CCOCC5)c4ncn3n2)cc1. The number of hydrogen-bond acceptors (Lipinski definition) is 8. The van der Waals surface area contributed by atoms with Gasteiger partial charge in [0.25, 0.3) is 0 Å². The summed E-state index contributed by atoms with van der Waals surface area (Å²) in [5.74, 6) is 1.36. The highest BCUT2D eigenvalue weighted by molar-refractivity contribution is 5.98. The van der Waals surface area contributed by atoms with Crippen molar-refractivity contribution in [1.82, 2.24) is 29.0 Å². The first-order chi connectivity index (χ1) is 17.0. The first-order valence-electron chi connectivity index (χ1n) is 11.9. The van der Waals surface area contributed by atoms with Crippen LogP contribution in [0.5, 0.6) is 5.75 Å². The van der Waals surface area contributed by atoms with Crippen LogP contribution in [0, 0.1) is 13.8 Å². The highest BCUT2D eigenvalue weighted by Gasteiger charge is 2.19. The molecule has 10 heteroatoms. The number of rotatable bonds is 8. The van der Waals surface area contributed by atoms with Crippen LogP contribution in [0.25, 0.3) is 16.7 Å². The summed E-state index contributed by atoms with van der Waals surface area (Å²) in [6.45, 7) is 11.7. The van der Waals surface area contributed by atoms with Crippen LogP contribution in [-0.4, -0.2) is 74.7 Å². The van der Waals surface area contributed by atoms with Crippen LogP contribution in [0.4, 0.5) is 0 Å². The number of hydrogen-bond donors (Lipinski definition) is 0. The maximum Gasteiger partial charge on any atom is 0.192 e. The van der Waals surface area contributed by atoms with E-state index in [0.29, 0.717) is 5.82 Å². The Hall–Kier alpha value is -3.50. The first kappa shape index (κ1) is 23.3. The number of morpholine rings is 1. The normalized spacial score (nSPS) is 15.3. The Bertz CT molecular complexity index is 1350. The minimum absolute atomic E-state index is 0.173. The van der Waals surface area contributed by atoms with Crippen molar-refractivity contribution in [3.05, 3.63) is 53.2 Å². The van der Waals surface area contributed by atoms with E-state index in [-0.39, 0.29) is 6.61 Å². The lowest BCUT2D eigenvalue weighted by Crippen LogP contribution is -2.38. The monoisotopic (exact) mass is 477 g/mol. The Morgan fingerprint density at radius 2 is 1.86 bits per heavy atom. The summed E-state index contributed by atoms with van der Waals surface area (Å²) in [4.78, 5) is 17.5. The molecule has 0 radical (unpaired) electrons. The summed E-state index contributed by atoms with van der Waals surface area (Å²) in [6.07, 6.45) is 1.73. The number of methoxy groups -OCH3 is 1. The Morgan fingerprint density at radius 1 is 1.09 bits per heavy atom. The van der Waals surface area contributed by atoms with Crippen molar-refractivity contribution in [2.75, 3.05) is 40.0 Å². The van der Waals surface area contributed by atoms with Crippen LogP contribution >= 0.6 is 0 Å². The van der Waals surface area contributed by atoms with E-state index in [9.17, 15) is 0 Å². The highest BCUT2D eigenvalue weighted by atomic mass is 16.6. The van der Waals surface area contributed by atoms with E-state index >= 15 is 0 Å². The van der Waals surface area contributed by atoms with Crippen molar-refractivity contribution >= 4 is 22.4 Å². The molecule has 3 aromatic heterocycles. The molecule has 10 nitrogen and oxygen atoms in total. The van der Waals surface area contributed by atoms with E-state index in [2.05, 4.69) is 33.6 Å². The summed E-state index contributed by atoms with van der Waals surface area (Å²) in [6, 6.07) is 7.68. The minimum atomic E-state index is 0.173. The second kappa shape index (κ2) is 10.0. The van der Waals surface area contributed by atoms with Gasteiger partial charge in [-0.25, -0.2) is 14.5 Å². The Labute approximate surface area is 204 Å². The fraction of sp³-hybridized carbons (Fsp3) is 0.440. The lowest BCUT2D eigenvalue weighted by Gasteiger charge is -2.26. The predicted molar refractivity (Wildman–Crippen MR) is 133 cm³/mol. The van der Waals surface area contributed by atoms with Crippen molar-refractivity contribution in [2.45, 2.75) is 33.9 Å². The Morgan fingerprint density at radius 3 is 2.60 bits per heavy atom. The van der Waals surface area contributed by atoms with E-state index in [1.54, 1.807) is 18.0 Å². The third kappa shape index (κ3) is 4.71. The third-order valence-corrected chi connectivity index (χ3v) is 6.64. The van der Waals surface area contributed by atoms with Gasteiger partial charge in [-0.1, -0.05) is 5.16 Å². The van der Waals surface area contributed by atoms with Gasteiger partial charge in [0.2, 0.25) is 0 Å². The number of ether oxygens (including phenoxy) is 2. The van der Waals surface area contributed by atoms with Gasteiger partial charge < -0.3 is 18.9 Å². The quantitative estimate of drug-likeness (QED) is 0.285. The molecule has 0 unspecified atom stereocenters. The van der Waals surface area contributed by atoms with Crippen molar-refractivity contribution in [2.24, 2.45) is 5.16 Å². The van der Waals surface area contributed by atoms with Crippen molar-refractivity contribution in [3.8, 4) is 5.75 Å². The molecule has 0 N–H and O–H groups in total. The van der Waals surface area contributed by atoms with E-state index in [1.165, 1.54) is 11.3 Å². The molecule has 0 bridgehead atoms. The first-order valence-corrected chi connectivity index (χ1v) is 11.9. The van der Waals surface area contributed by atoms with Gasteiger partial charge in [-0.15, -0.1) is 5.10 Å². The van der Waals surface area contributed by atoms with Crippen LogP contribution in [0.1, 0.15) is 29.6 Å². The molecular formula is C25H31N7O3. The molecule has 5 rings (SSSR count). The average Bonchev–Trinajstić information content (AvgIpc) is 3.41. The average molecular weight is 478 g/mol. The highest BCUT2D eigenvalue weighted by Crippen LogP contribution is 2.27. The number of nitrogens with zero attached hydrogens (tertiary/aromatic N) is 7. The lowest BCUT2D eigenvalue weighted by molar-refractivity contribution is 0.0364. The molecule has 4 aromatic rings. The lowest BCUT2D eigenvalue weighted by atomic mass is 10.1. The number of aryl methyl sites for hydroxylation is 1. The summed E-state index contributed by atoms with van der Waals surface area (Å²) in [5.41, 5.74) is 5.83. The minimum Gasteiger partial charge on any atom is -0.497 e. The fourth-order valence-corrected chi connectivity index (χ4v) is 4.45. The molecule has 0 saturated carbocycles. The van der Waals surface area contributed by atoms with Crippen LogP contribution < -0.4 is 4.74 Å². The van der Waals surface area contributed by atoms with Crippen molar-refractivity contribution in [1.29, 1.82) is 0 Å². The van der Waals surface area contributed by atoms with Gasteiger partial charge in [0, 0.05) is 31.9 Å². The maximum absolute atomic E-state index is 5.58. The van der Waals surface area contributed by atoms with E-state index < -0.39 is 0 Å². The molecule has 1 saturated heterocycles. The van der Waals surface area contributed by atoms with Crippen molar-refractivity contribution in [3.63, 3.8) is 0 Å². The maximum atomic E-state index is 5.58. The summed E-state index contributed by atoms with van der Waals surface area (Å²) < 4.78 is 14.7. The number of oxime groups is 1. The number of aromatic nitrogens is 5. The smallest absolute Gasteiger partial charge is 0.192 e. The topological polar surface area (TPSA) is 91.3 Å². The van der Waals surface area contributed by atoms with E-state index in [1.807, 2.05) is 31.2 Å². The standard InChI is InChI=1S/C25H31N7O3/c1-17-19(3)31(10-9-30-11-13-34-14-12-30)24-23(17)25-27-22(28-32(25)16-26-24)15-35-29-18(2)20-5-7-21(33-4)8-6-20/h5-8,16H,9-15H2,1-4H3/b29-18+. The van der Waals surface area contributed by atoms with Crippen LogP contribution in [-0.2, 0) is 22.7 Å². The second-order valence-electron chi connectivity index (χ2n) is 8.73. The molecule has 1 aliphatic rings. The van der Waals surface area contributed by atoms with Gasteiger partial charge in [0.1, 0.15) is 17.7 Å².